The standard InChI is InChI=1S/C20H22N2O7S2/c1-15(23)16-3-2-4-17(13-16)30(24,25)21-7-9-22(10-8-21)31(26,27)18-5-6-19-20(14-18)29-12-11-28-19/h2-6,13-14H,7-12H2,1H3. The molecule has 2 aliphatic heterocycles. The number of carbonyl (C=O) groups excluding carboxylic acids is 1. The summed E-state index contributed by atoms with van der Waals surface area (Å²) in [6, 6.07) is 10.3. The predicted molar refractivity (Wildman–Crippen MR) is 111 cm³/mol. The van der Waals surface area contributed by atoms with E-state index in [0.717, 1.165) is 0 Å². The van der Waals surface area contributed by atoms with Crippen LogP contribution in [-0.4, -0.2) is 70.6 Å². The summed E-state index contributed by atoms with van der Waals surface area (Å²) in [7, 11) is -7.66. The lowest BCUT2D eigenvalue weighted by Crippen LogP contribution is -2.50. The van der Waals surface area contributed by atoms with Crippen molar-refractivity contribution in [3.63, 3.8) is 0 Å². The number of sulfonamides is 2. The van der Waals surface area contributed by atoms with Gasteiger partial charge in [-0.15, -0.1) is 0 Å². The minimum Gasteiger partial charge on any atom is -0.486 e. The van der Waals surface area contributed by atoms with Crippen LogP contribution in [0.4, 0.5) is 0 Å². The fourth-order valence-electron chi connectivity index (χ4n) is 3.51. The second kappa shape index (κ2) is 8.23. The van der Waals surface area contributed by atoms with Gasteiger partial charge >= 0.3 is 0 Å². The Morgan fingerprint density at radius 2 is 1.32 bits per heavy atom. The van der Waals surface area contributed by atoms with E-state index in [2.05, 4.69) is 0 Å². The fraction of sp³-hybridized carbons (Fsp3) is 0.350. The van der Waals surface area contributed by atoms with Gasteiger partial charge in [0.15, 0.2) is 17.3 Å². The van der Waals surface area contributed by atoms with Crippen molar-refractivity contribution in [2.75, 3.05) is 39.4 Å². The van der Waals surface area contributed by atoms with E-state index in [0.29, 0.717) is 30.3 Å². The molecule has 0 amide bonds. The molecule has 4 rings (SSSR count). The summed E-state index contributed by atoms with van der Waals surface area (Å²) in [5.74, 6) is 0.639. The van der Waals surface area contributed by atoms with Crippen LogP contribution >= 0.6 is 0 Å². The Bertz CT molecular complexity index is 1220. The van der Waals surface area contributed by atoms with Gasteiger partial charge in [0.25, 0.3) is 0 Å². The summed E-state index contributed by atoms with van der Waals surface area (Å²) in [6.07, 6.45) is 0. The smallest absolute Gasteiger partial charge is 0.243 e. The maximum absolute atomic E-state index is 13.0. The van der Waals surface area contributed by atoms with E-state index in [1.165, 1.54) is 45.9 Å². The van der Waals surface area contributed by atoms with Crippen LogP contribution in [0.15, 0.2) is 52.3 Å². The Hall–Kier alpha value is -2.47. The third-order valence-corrected chi connectivity index (χ3v) is 9.02. The van der Waals surface area contributed by atoms with Crippen molar-refractivity contribution in [1.29, 1.82) is 0 Å². The second-order valence-corrected chi connectivity index (χ2v) is 11.1. The van der Waals surface area contributed by atoms with Crippen LogP contribution in [0, 0.1) is 0 Å². The number of carbonyl (C=O) groups is 1. The molecule has 31 heavy (non-hydrogen) atoms. The van der Waals surface area contributed by atoms with Gasteiger partial charge in [-0.05, 0) is 31.2 Å². The molecule has 0 radical (unpaired) electrons. The summed E-state index contributed by atoms with van der Waals surface area (Å²) in [6.45, 7) is 2.17. The van der Waals surface area contributed by atoms with Gasteiger partial charge in [0, 0.05) is 37.8 Å². The highest BCUT2D eigenvalue weighted by Gasteiger charge is 2.34. The SMILES string of the molecule is CC(=O)c1cccc(S(=O)(=O)N2CCN(S(=O)(=O)c3ccc4c(c3)OCCO4)CC2)c1. The van der Waals surface area contributed by atoms with Crippen LogP contribution in [0.1, 0.15) is 17.3 Å². The molecule has 166 valence electrons. The van der Waals surface area contributed by atoms with Crippen molar-refractivity contribution in [1.82, 2.24) is 8.61 Å². The highest BCUT2D eigenvalue weighted by atomic mass is 32.2. The third-order valence-electron chi connectivity index (χ3n) is 5.23. The summed E-state index contributed by atoms with van der Waals surface area (Å²) in [5, 5.41) is 0. The van der Waals surface area contributed by atoms with Gasteiger partial charge in [-0.3, -0.25) is 4.79 Å². The molecule has 2 aliphatic rings. The van der Waals surface area contributed by atoms with E-state index < -0.39 is 20.0 Å². The molecule has 2 aromatic rings. The van der Waals surface area contributed by atoms with E-state index in [-0.39, 0.29) is 41.8 Å². The van der Waals surface area contributed by atoms with E-state index in [1.807, 2.05) is 0 Å². The first kappa shape index (κ1) is 21.8. The number of piperazine rings is 1. The molecule has 0 bridgehead atoms. The fourth-order valence-corrected chi connectivity index (χ4v) is 6.42. The molecule has 0 saturated carbocycles. The van der Waals surface area contributed by atoms with Crippen molar-refractivity contribution < 1.29 is 31.1 Å². The monoisotopic (exact) mass is 466 g/mol. The number of nitrogens with zero attached hydrogens (tertiary/aromatic N) is 2. The molecule has 0 N–H and O–H groups in total. The second-order valence-electron chi connectivity index (χ2n) is 7.20. The number of ether oxygens (including phenoxy) is 2. The van der Waals surface area contributed by atoms with Crippen LogP contribution in [-0.2, 0) is 20.0 Å². The van der Waals surface area contributed by atoms with Gasteiger partial charge in [-0.25, -0.2) is 16.8 Å². The largest absolute Gasteiger partial charge is 0.486 e. The molecule has 2 heterocycles. The number of benzene rings is 2. The van der Waals surface area contributed by atoms with Crippen LogP contribution in [0.2, 0.25) is 0 Å². The number of Topliss-reactive ketones (excluding diaryl/α,β-unsaturated/α-hetero) is 1. The van der Waals surface area contributed by atoms with Crippen molar-refractivity contribution in [2.24, 2.45) is 0 Å². The van der Waals surface area contributed by atoms with Crippen molar-refractivity contribution in [3.8, 4) is 11.5 Å². The minimum atomic E-state index is -3.84. The molecule has 0 aliphatic carbocycles. The maximum atomic E-state index is 13.0. The lowest BCUT2D eigenvalue weighted by Gasteiger charge is -2.33. The van der Waals surface area contributed by atoms with Crippen LogP contribution < -0.4 is 9.47 Å². The highest BCUT2D eigenvalue weighted by molar-refractivity contribution is 7.89. The first-order valence-corrected chi connectivity index (χ1v) is 12.6. The minimum absolute atomic E-state index is 0.0103. The number of ketones is 1. The number of rotatable bonds is 5. The topological polar surface area (TPSA) is 110 Å². The van der Waals surface area contributed by atoms with E-state index in [4.69, 9.17) is 9.47 Å². The van der Waals surface area contributed by atoms with Gasteiger partial charge in [0.05, 0.1) is 9.79 Å². The maximum Gasteiger partial charge on any atom is 0.243 e. The third kappa shape index (κ3) is 4.18. The molecule has 0 spiro atoms. The van der Waals surface area contributed by atoms with E-state index in [9.17, 15) is 21.6 Å². The van der Waals surface area contributed by atoms with Crippen LogP contribution in [0.3, 0.4) is 0 Å². The van der Waals surface area contributed by atoms with Crippen molar-refractivity contribution >= 4 is 25.8 Å². The van der Waals surface area contributed by atoms with E-state index >= 15 is 0 Å². The number of hydrogen-bond acceptors (Lipinski definition) is 7. The average Bonchev–Trinajstić information content (AvgIpc) is 2.79. The average molecular weight is 467 g/mol. The number of fused-ring (bicyclic) bond motifs is 1. The summed E-state index contributed by atoms with van der Waals surface area (Å²) >= 11 is 0. The lowest BCUT2D eigenvalue weighted by molar-refractivity contribution is 0.101. The summed E-state index contributed by atoms with van der Waals surface area (Å²) in [5.41, 5.74) is 0.306. The normalized spacial score (nSPS) is 18.0. The molecule has 0 aromatic heterocycles. The van der Waals surface area contributed by atoms with Gasteiger partial charge in [-0.2, -0.15) is 8.61 Å². The van der Waals surface area contributed by atoms with Gasteiger partial charge in [0.1, 0.15) is 13.2 Å². The predicted octanol–water partition coefficient (Wildman–Crippen LogP) is 1.36. The molecule has 0 unspecified atom stereocenters. The lowest BCUT2D eigenvalue weighted by atomic mass is 10.2. The highest BCUT2D eigenvalue weighted by Crippen LogP contribution is 2.33. The first-order chi connectivity index (χ1) is 14.7. The van der Waals surface area contributed by atoms with Crippen LogP contribution in [0.25, 0.3) is 0 Å². The molecule has 2 aromatic carbocycles. The van der Waals surface area contributed by atoms with Gasteiger partial charge in [-0.1, -0.05) is 12.1 Å². The Morgan fingerprint density at radius 1 is 0.774 bits per heavy atom. The number of hydrogen-bond donors (Lipinski definition) is 0. The Labute approximate surface area is 181 Å². The molecular weight excluding hydrogens is 444 g/mol. The van der Waals surface area contributed by atoms with Gasteiger partial charge < -0.3 is 9.47 Å². The molecule has 11 heteroatoms. The van der Waals surface area contributed by atoms with Crippen molar-refractivity contribution in [2.45, 2.75) is 16.7 Å². The first-order valence-electron chi connectivity index (χ1n) is 9.70. The molecule has 9 nitrogen and oxygen atoms in total. The summed E-state index contributed by atoms with van der Waals surface area (Å²) in [4.78, 5) is 11.7. The molecule has 0 atom stereocenters. The van der Waals surface area contributed by atoms with Crippen molar-refractivity contribution in [3.05, 3.63) is 48.0 Å². The Balaban J connectivity index is 1.50. The Morgan fingerprint density at radius 3 is 1.90 bits per heavy atom. The quantitative estimate of drug-likeness (QED) is 0.612. The zero-order chi connectivity index (χ0) is 22.2. The van der Waals surface area contributed by atoms with Gasteiger partial charge in [0.2, 0.25) is 20.0 Å². The van der Waals surface area contributed by atoms with Crippen LogP contribution in [0.5, 0.6) is 11.5 Å². The molecule has 1 saturated heterocycles. The zero-order valence-electron chi connectivity index (χ0n) is 16.9. The zero-order valence-corrected chi connectivity index (χ0v) is 18.5. The Kier molecular flexibility index (Phi) is 5.77. The molecular formula is C20H22N2O7S2. The molecule has 1 fully saturated rings. The van der Waals surface area contributed by atoms with E-state index in [1.54, 1.807) is 12.1 Å². The summed E-state index contributed by atoms with van der Waals surface area (Å²) < 4.78 is 65.4.